The van der Waals surface area contributed by atoms with Gasteiger partial charge < -0.3 is 9.88 Å². The molecule has 0 atom stereocenters. The second-order valence-electron chi connectivity index (χ2n) is 4.96. The number of carbonyl (C=O) groups is 1. The topological polar surface area (TPSA) is 66.1 Å². The fourth-order valence-corrected chi connectivity index (χ4v) is 2.18. The van der Waals surface area contributed by atoms with Crippen LogP contribution in [-0.4, -0.2) is 26.8 Å². The number of H-pyrrole nitrogens is 1. The molecule has 0 unspecified atom stereocenters. The number of pyridine rings is 2. The molecule has 1 N–H and O–H groups in total. The standard InChI is InChI=1S/C15H15N3O2/c19-14-9-12(5-8-17-14)15(20)18(13-1-2-13)10-11-3-6-16-7-4-11/h3-9,13H,1-2,10H2,(H,17,19). The van der Waals surface area contributed by atoms with Crippen LogP contribution in [0.25, 0.3) is 0 Å². The number of rotatable bonds is 4. The Morgan fingerprint density at radius 2 is 2.05 bits per heavy atom. The molecule has 1 aliphatic carbocycles. The van der Waals surface area contributed by atoms with Crippen LogP contribution in [0.1, 0.15) is 28.8 Å². The van der Waals surface area contributed by atoms with E-state index in [4.69, 9.17) is 0 Å². The molecule has 2 aromatic heterocycles. The summed E-state index contributed by atoms with van der Waals surface area (Å²) < 4.78 is 0. The first-order valence-corrected chi connectivity index (χ1v) is 6.62. The van der Waals surface area contributed by atoms with E-state index in [1.165, 1.54) is 12.3 Å². The fraction of sp³-hybridized carbons (Fsp3) is 0.267. The number of hydrogen-bond acceptors (Lipinski definition) is 3. The number of nitrogens with one attached hydrogen (secondary N) is 1. The van der Waals surface area contributed by atoms with E-state index < -0.39 is 0 Å². The van der Waals surface area contributed by atoms with Crippen molar-refractivity contribution in [2.45, 2.75) is 25.4 Å². The number of carbonyl (C=O) groups excluding carboxylic acids is 1. The molecule has 0 spiro atoms. The van der Waals surface area contributed by atoms with Crippen molar-refractivity contribution in [2.24, 2.45) is 0 Å². The summed E-state index contributed by atoms with van der Waals surface area (Å²) in [5.41, 5.74) is 1.23. The average Bonchev–Trinajstić information content (AvgIpc) is 3.30. The third-order valence-electron chi connectivity index (χ3n) is 3.37. The zero-order valence-corrected chi connectivity index (χ0v) is 11.0. The molecule has 1 aliphatic rings. The summed E-state index contributed by atoms with van der Waals surface area (Å²) in [4.78, 5) is 32.2. The summed E-state index contributed by atoms with van der Waals surface area (Å²) >= 11 is 0. The molecule has 2 aromatic rings. The molecule has 1 fully saturated rings. The lowest BCUT2D eigenvalue weighted by molar-refractivity contribution is 0.0729. The molecule has 5 heteroatoms. The van der Waals surface area contributed by atoms with Gasteiger partial charge in [-0.2, -0.15) is 0 Å². The van der Waals surface area contributed by atoms with E-state index in [9.17, 15) is 9.59 Å². The van der Waals surface area contributed by atoms with Gasteiger partial charge in [0.1, 0.15) is 0 Å². The van der Waals surface area contributed by atoms with Crippen LogP contribution < -0.4 is 5.56 Å². The molecule has 1 saturated carbocycles. The quantitative estimate of drug-likeness (QED) is 0.916. The highest BCUT2D eigenvalue weighted by molar-refractivity contribution is 5.94. The summed E-state index contributed by atoms with van der Waals surface area (Å²) in [7, 11) is 0. The van der Waals surface area contributed by atoms with Crippen molar-refractivity contribution in [1.29, 1.82) is 0 Å². The second-order valence-corrected chi connectivity index (χ2v) is 4.96. The lowest BCUT2D eigenvalue weighted by Gasteiger charge is -2.22. The van der Waals surface area contributed by atoms with E-state index in [2.05, 4.69) is 9.97 Å². The Morgan fingerprint density at radius 1 is 1.30 bits per heavy atom. The number of nitrogens with zero attached hydrogens (tertiary/aromatic N) is 2. The molecule has 0 saturated heterocycles. The number of aromatic amines is 1. The van der Waals surface area contributed by atoms with Crippen molar-refractivity contribution in [3.05, 3.63) is 64.3 Å². The van der Waals surface area contributed by atoms with Crippen molar-refractivity contribution < 1.29 is 4.79 Å². The van der Waals surface area contributed by atoms with Crippen LogP contribution in [-0.2, 0) is 6.54 Å². The lowest BCUT2D eigenvalue weighted by atomic mass is 10.2. The minimum Gasteiger partial charge on any atom is -0.331 e. The van der Waals surface area contributed by atoms with Crippen molar-refractivity contribution in [2.75, 3.05) is 0 Å². The van der Waals surface area contributed by atoms with Gasteiger partial charge in [-0.1, -0.05) is 0 Å². The normalized spacial score (nSPS) is 14.0. The van der Waals surface area contributed by atoms with Gasteiger partial charge in [0.25, 0.3) is 5.91 Å². The van der Waals surface area contributed by atoms with Gasteiger partial charge >= 0.3 is 0 Å². The Morgan fingerprint density at radius 3 is 2.70 bits per heavy atom. The predicted octanol–water partition coefficient (Wildman–Crippen LogP) is 1.57. The molecular weight excluding hydrogens is 254 g/mol. The molecule has 3 rings (SSSR count). The van der Waals surface area contributed by atoms with Crippen LogP contribution in [0.3, 0.4) is 0 Å². The molecule has 1 amide bonds. The van der Waals surface area contributed by atoms with Gasteiger partial charge in [0.05, 0.1) is 0 Å². The van der Waals surface area contributed by atoms with Gasteiger partial charge in [-0.15, -0.1) is 0 Å². The van der Waals surface area contributed by atoms with E-state index in [0.717, 1.165) is 18.4 Å². The van der Waals surface area contributed by atoms with Crippen molar-refractivity contribution in [1.82, 2.24) is 14.9 Å². The Hall–Kier alpha value is -2.43. The number of amides is 1. The highest BCUT2D eigenvalue weighted by atomic mass is 16.2. The van der Waals surface area contributed by atoms with Gasteiger partial charge in [0.2, 0.25) is 5.56 Å². The minimum absolute atomic E-state index is 0.0876. The smallest absolute Gasteiger partial charge is 0.254 e. The molecule has 0 aliphatic heterocycles. The lowest BCUT2D eigenvalue weighted by Crippen LogP contribution is -2.33. The van der Waals surface area contributed by atoms with Gasteiger partial charge in [0.15, 0.2) is 0 Å². The van der Waals surface area contributed by atoms with E-state index in [0.29, 0.717) is 12.1 Å². The fourth-order valence-electron chi connectivity index (χ4n) is 2.18. The van der Waals surface area contributed by atoms with Crippen LogP contribution in [0.5, 0.6) is 0 Å². The molecule has 0 radical (unpaired) electrons. The Balaban J connectivity index is 1.84. The van der Waals surface area contributed by atoms with Crippen LogP contribution in [0, 0.1) is 0 Å². The third-order valence-corrected chi connectivity index (χ3v) is 3.37. The zero-order chi connectivity index (χ0) is 13.9. The van der Waals surface area contributed by atoms with Crippen LogP contribution in [0.15, 0.2) is 47.7 Å². The summed E-state index contributed by atoms with van der Waals surface area (Å²) in [6.07, 6.45) is 7.00. The first-order valence-electron chi connectivity index (χ1n) is 6.62. The molecule has 102 valence electrons. The molecule has 0 bridgehead atoms. The summed E-state index contributed by atoms with van der Waals surface area (Å²) in [6.45, 7) is 0.554. The Kier molecular flexibility index (Phi) is 3.33. The molecule has 5 nitrogen and oxygen atoms in total. The van der Waals surface area contributed by atoms with Crippen molar-refractivity contribution >= 4 is 5.91 Å². The second kappa shape index (κ2) is 5.28. The maximum Gasteiger partial charge on any atom is 0.254 e. The highest BCUT2D eigenvalue weighted by Gasteiger charge is 2.33. The third kappa shape index (κ3) is 2.77. The molecule has 20 heavy (non-hydrogen) atoms. The predicted molar refractivity (Wildman–Crippen MR) is 74.2 cm³/mol. The van der Waals surface area contributed by atoms with E-state index in [-0.39, 0.29) is 17.5 Å². The van der Waals surface area contributed by atoms with Gasteiger partial charge in [-0.3, -0.25) is 14.6 Å². The SMILES string of the molecule is O=C(c1cc[nH]c(=O)c1)N(Cc1ccncc1)C1CC1. The molecule has 2 heterocycles. The largest absolute Gasteiger partial charge is 0.331 e. The average molecular weight is 269 g/mol. The summed E-state index contributed by atoms with van der Waals surface area (Å²) in [5.74, 6) is -0.0876. The van der Waals surface area contributed by atoms with Crippen LogP contribution in [0.4, 0.5) is 0 Å². The monoisotopic (exact) mass is 269 g/mol. The van der Waals surface area contributed by atoms with Gasteiger partial charge in [0, 0.05) is 42.8 Å². The van der Waals surface area contributed by atoms with E-state index >= 15 is 0 Å². The Labute approximate surface area is 116 Å². The molecular formula is C15H15N3O2. The van der Waals surface area contributed by atoms with E-state index in [1.54, 1.807) is 18.5 Å². The Bertz CT molecular complexity index is 662. The first-order chi connectivity index (χ1) is 9.74. The van der Waals surface area contributed by atoms with Crippen LogP contribution in [0.2, 0.25) is 0 Å². The first kappa shape index (κ1) is 12.6. The zero-order valence-electron chi connectivity index (χ0n) is 11.0. The van der Waals surface area contributed by atoms with Crippen LogP contribution >= 0.6 is 0 Å². The summed E-state index contributed by atoms with van der Waals surface area (Å²) in [5, 5.41) is 0. The maximum absolute atomic E-state index is 12.5. The minimum atomic E-state index is -0.254. The van der Waals surface area contributed by atoms with Gasteiger partial charge in [-0.05, 0) is 36.6 Å². The molecule has 0 aromatic carbocycles. The van der Waals surface area contributed by atoms with Gasteiger partial charge in [-0.25, -0.2) is 0 Å². The number of hydrogen-bond donors (Lipinski definition) is 1. The van der Waals surface area contributed by atoms with E-state index in [1.807, 2.05) is 17.0 Å². The van der Waals surface area contributed by atoms with Crippen molar-refractivity contribution in [3.63, 3.8) is 0 Å². The summed E-state index contributed by atoms with van der Waals surface area (Å²) in [6, 6.07) is 7.09. The maximum atomic E-state index is 12.5. The van der Waals surface area contributed by atoms with Crippen molar-refractivity contribution in [3.8, 4) is 0 Å². The highest BCUT2D eigenvalue weighted by Crippen LogP contribution is 2.29. The number of aromatic nitrogens is 2.